The quantitative estimate of drug-likeness (QED) is 0.528. The Hall–Kier alpha value is -0.300. The van der Waals surface area contributed by atoms with Gasteiger partial charge >= 0.3 is 0 Å². The second-order valence-electron chi connectivity index (χ2n) is 1.73. The molecule has 1 nitrogen and oxygen atoms in total. The summed E-state index contributed by atoms with van der Waals surface area (Å²) in [6.45, 7) is 5.87. The zero-order chi connectivity index (χ0) is 5.70. The molecule has 1 heteroatoms. The van der Waals surface area contributed by atoms with Crippen molar-refractivity contribution in [2.24, 2.45) is 5.92 Å². The summed E-state index contributed by atoms with van der Waals surface area (Å²) in [5.74, 6) is 0.463. The molecule has 0 aromatic carbocycles. The first-order chi connectivity index (χ1) is 3.31. The molecule has 0 saturated carbocycles. The van der Waals surface area contributed by atoms with Gasteiger partial charge in [0.25, 0.3) is 0 Å². The molecule has 1 N–H and O–H groups in total. The molecular weight excluding hydrogens is 88.1 g/mol. The van der Waals surface area contributed by atoms with Gasteiger partial charge in [-0.2, -0.15) is 0 Å². The van der Waals surface area contributed by atoms with Crippen molar-refractivity contribution >= 4 is 0 Å². The van der Waals surface area contributed by atoms with E-state index in [1.165, 1.54) is 0 Å². The van der Waals surface area contributed by atoms with E-state index in [-0.39, 0.29) is 6.61 Å². The number of aliphatic hydroxyl groups is 1. The van der Waals surface area contributed by atoms with Crippen LogP contribution in [0.3, 0.4) is 0 Å². The first kappa shape index (κ1) is 6.70. The van der Waals surface area contributed by atoms with E-state index in [9.17, 15) is 0 Å². The van der Waals surface area contributed by atoms with E-state index in [1.807, 2.05) is 13.0 Å². The first-order valence-electron chi connectivity index (χ1n) is 2.54. The molecule has 1 atom stereocenters. The highest BCUT2D eigenvalue weighted by atomic mass is 16.2. The van der Waals surface area contributed by atoms with Crippen molar-refractivity contribution in [3.8, 4) is 0 Å². The summed E-state index contributed by atoms with van der Waals surface area (Å²) in [6, 6.07) is 0. The third-order valence-corrected chi connectivity index (χ3v) is 0.987. The van der Waals surface area contributed by atoms with Crippen LogP contribution in [-0.2, 0) is 0 Å². The van der Waals surface area contributed by atoms with Gasteiger partial charge in [-0.3, -0.25) is 0 Å². The first-order valence-corrected chi connectivity index (χ1v) is 2.54. The Morgan fingerprint density at radius 1 is 1.86 bits per heavy atom. The van der Waals surface area contributed by atoms with Crippen LogP contribution in [0.2, 0.25) is 0 Å². The molecule has 0 radical (unpaired) electrons. The van der Waals surface area contributed by atoms with Crippen molar-refractivity contribution in [2.45, 2.75) is 13.3 Å². The lowest BCUT2D eigenvalue weighted by atomic mass is 10.1. The Labute approximate surface area is 44.7 Å². The molecule has 0 aromatic heterocycles. The van der Waals surface area contributed by atoms with Gasteiger partial charge in [0.15, 0.2) is 0 Å². The van der Waals surface area contributed by atoms with Crippen LogP contribution in [-0.4, -0.2) is 11.7 Å². The van der Waals surface area contributed by atoms with E-state index >= 15 is 0 Å². The summed E-state index contributed by atoms with van der Waals surface area (Å²) in [5, 5.41) is 8.32. The second-order valence-corrected chi connectivity index (χ2v) is 1.73. The third kappa shape index (κ3) is 3.53. The van der Waals surface area contributed by atoms with Gasteiger partial charge in [0.05, 0.1) is 0 Å². The van der Waals surface area contributed by atoms with Crippen LogP contribution in [0, 0.1) is 5.92 Å². The smallest absolute Gasteiger partial charge is 0.0436 e. The molecule has 0 aliphatic carbocycles. The summed E-state index contributed by atoms with van der Waals surface area (Å²) in [7, 11) is 0. The minimum absolute atomic E-state index is 0.271. The Balaban J connectivity index is 2.98. The summed E-state index contributed by atoms with van der Waals surface area (Å²) < 4.78 is 0. The fourth-order valence-corrected chi connectivity index (χ4v) is 0.321. The Morgan fingerprint density at radius 2 is 2.43 bits per heavy atom. The lowest BCUT2D eigenvalue weighted by Gasteiger charge is -1.97. The van der Waals surface area contributed by atoms with E-state index in [0.717, 1.165) is 6.42 Å². The average molecular weight is 100 g/mol. The maximum atomic E-state index is 8.32. The topological polar surface area (TPSA) is 20.2 Å². The van der Waals surface area contributed by atoms with Gasteiger partial charge in [-0.1, -0.05) is 13.0 Å². The number of allylic oxidation sites excluding steroid dienone is 1. The van der Waals surface area contributed by atoms with E-state index < -0.39 is 0 Å². The summed E-state index contributed by atoms with van der Waals surface area (Å²) in [5.41, 5.74) is 0. The fraction of sp³-hybridized carbons (Fsp3) is 0.667. The summed E-state index contributed by atoms with van der Waals surface area (Å²) in [4.78, 5) is 0. The molecule has 0 amide bonds. The van der Waals surface area contributed by atoms with Crippen molar-refractivity contribution < 1.29 is 5.11 Å². The van der Waals surface area contributed by atoms with Crippen molar-refractivity contribution in [3.63, 3.8) is 0 Å². The number of rotatable bonds is 3. The lowest BCUT2D eigenvalue weighted by Crippen LogP contribution is -1.91. The molecule has 0 saturated heterocycles. The van der Waals surface area contributed by atoms with E-state index in [2.05, 4.69) is 6.58 Å². The molecular formula is C6H12O. The van der Waals surface area contributed by atoms with Gasteiger partial charge in [0.2, 0.25) is 0 Å². The molecule has 0 bridgehead atoms. The van der Waals surface area contributed by atoms with Crippen LogP contribution in [0.1, 0.15) is 13.3 Å². The predicted molar refractivity (Wildman–Crippen MR) is 31.1 cm³/mol. The van der Waals surface area contributed by atoms with Gasteiger partial charge in [0, 0.05) is 6.61 Å². The lowest BCUT2D eigenvalue weighted by molar-refractivity contribution is 0.274. The van der Waals surface area contributed by atoms with Crippen LogP contribution in [0.25, 0.3) is 0 Å². The monoisotopic (exact) mass is 100 g/mol. The molecule has 0 aromatic rings. The highest BCUT2D eigenvalue weighted by Crippen LogP contribution is 1.98. The van der Waals surface area contributed by atoms with Crippen molar-refractivity contribution in [1.29, 1.82) is 0 Å². The van der Waals surface area contributed by atoms with Gasteiger partial charge in [-0.05, 0) is 12.3 Å². The summed E-state index contributed by atoms with van der Waals surface area (Å²) in [6.07, 6.45) is 2.68. The van der Waals surface area contributed by atoms with E-state index in [0.29, 0.717) is 5.92 Å². The number of hydrogen-bond donors (Lipinski definition) is 1. The molecule has 0 aliphatic heterocycles. The van der Waals surface area contributed by atoms with Crippen molar-refractivity contribution in [2.75, 3.05) is 6.61 Å². The van der Waals surface area contributed by atoms with Gasteiger partial charge in [-0.15, -0.1) is 6.58 Å². The molecule has 0 spiro atoms. The highest BCUT2D eigenvalue weighted by molar-refractivity contribution is 4.73. The Kier molecular flexibility index (Phi) is 3.71. The number of aliphatic hydroxyl groups excluding tert-OH is 1. The van der Waals surface area contributed by atoms with Crippen molar-refractivity contribution in [3.05, 3.63) is 12.7 Å². The van der Waals surface area contributed by atoms with Crippen LogP contribution >= 0.6 is 0 Å². The predicted octanol–water partition coefficient (Wildman–Crippen LogP) is 1.19. The number of hydrogen-bond acceptors (Lipinski definition) is 1. The molecule has 1 unspecified atom stereocenters. The normalized spacial score (nSPS) is 13.4. The Bertz CT molecular complexity index is 50.1. The molecule has 7 heavy (non-hydrogen) atoms. The minimum Gasteiger partial charge on any atom is -0.396 e. The zero-order valence-electron chi connectivity index (χ0n) is 4.72. The van der Waals surface area contributed by atoms with Crippen LogP contribution < -0.4 is 0 Å². The van der Waals surface area contributed by atoms with Gasteiger partial charge < -0.3 is 5.11 Å². The average Bonchev–Trinajstić information content (AvgIpc) is 1.68. The van der Waals surface area contributed by atoms with E-state index in [1.54, 1.807) is 0 Å². The van der Waals surface area contributed by atoms with Gasteiger partial charge in [-0.25, -0.2) is 0 Å². The molecule has 0 aliphatic rings. The molecule has 42 valence electrons. The SMILES string of the molecule is C=CC(C)CCO. The maximum absolute atomic E-state index is 8.32. The van der Waals surface area contributed by atoms with E-state index in [4.69, 9.17) is 5.11 Å². The Morgan fingerprint density at radius 3 is 2.57 bits per heavy atom. The second kappa shape index (κ2) is 3.88. The molecule has 0 heterocycles. The standard InChI is InChI=1S/C6H12O/c1-3-6(2)4-5-7/h3,6-7H,1,4-5H2,2H3. The summed E-state index contributed by atoms with van der Waals surface area (Å²) >= 11 is 0. The minimum atomic E-state index is 0.271. The molecule has 0 fully saturated rings. The van der Waals surface area contributed by atoms with Crippen molar-refractivity contribution in [1.82, 2.24) is 0 Å². The van der Waals surface area contributed by atoms with Crippen LogP contribution in [0.5, 0.6) is 0 Å². The molecule has 0 rings (SSSR count). The zero-order valence-corrected chi connectivity index (χ0v) is 4.72. The van der Waals surface area contributed by atoms with Crippen LogP contribution in [0.15, 0.2) is 12.7 Å². The third-order valence-electron chi connectivity index (χ3n) is 0.987. The fourth-order valence-electron chi connectivity index (χ4n) is 0.321. The van der Waals surface area contributed by atoms with Gasteiger partial charge in [0.1, 0.15) is 0 Å². The van der Waals surface area contributed by atoms with Crippen LogP contribution in [0.4, 0.5) is 0 Å². The largest absolute Gasteiger partial charge is 0.396 e. The maximum Gasteiger partial charge on any atom is 0.0436 e. The highest BCUT2D eigenvalue weighted by Gasteiger charge is 1.90.